The topological polar surface area (TPSA) is 101 Å². The second kappa shape index (κ2) is 10.8. The minimum absolute atomic E-state index is 0.0274. The summed E-state index contributed by atoms with van der Waals surface area (Å²) < 4.78 is 15.5. The Balaban J connectivity index is 1.90. The summed E-state index contributed by atoms with van der Waals surface area (Å²) >= 11 is 1.31. The van der Waals surface area contributed by atoms with Crippen molar-refractivity contribution in [1.29, 1.82) is 0 Å². The molecule has 174 valence electrons. The van der Waals surface area contributed by atoms with E-state index in [9.17, 15) is 18.8 Å². The molecular weight excluding hydrogens is 431 g/mol. The zero-order valence-corrected chi connectivity index (χ0v) is 19.4. The Bertz CT molecular complexity index is 1060. The molecule has 1 unspecified atom stereocenters. The number of anilines is 2. The molecule has 1 amide bonds. The van der Waals surface area contributed by atoms with E-state index in [1.807, 2.05) is 13.8 Å². The molecule has 0 radical (unpaired) electrons. The number of aromatic nitrogens is 2. The van der Waals surface area contributed by atoms with Gasteiger partial charge in [-0.25, -0.2) is 9.18 Å². The van der Waals surface area contributed by atoms with E-state index in [1.54, 1.807) is 18.2 Å². The van der Waals surface area contributed by atoms with Gasteiger partial charge in [0.2, 0.25) is 5.91 Å². The van der Waals surface area contributed by atoms with Crippen molar-refractivity contribution in [3.63, 3.8) is 0 Å². The van der Waals surface area contributed by atoms with Crippen LogP contribution in [0.15, 0.2) is 33.9 Å². The molecule has 0 aliphatic heterocycles. The molecule has 9 heteroatoms. The van der Waals surface area contributed by atoms with Gasteiger partial charge in [-0.05, 0) is 32.3 Å². The number of halogens is 1. The number of nitrogen functional groups attached to an aromatic ring is 1. The van der Waals surface area contributed by atoms with Gasteiger partial charge in [0.15, 0.2) is 5.69 Å². The lowest BCUT2D eigenvalue weighted by Crippen LogP contribution is -2.46. The molecule has 7 nitrogen and oxygen atoms in total. The quantitative estimate of drug-likeness (QED) is 0.590. The van der Waals surface area contributed by atoms with Crippen molar-refractivity contribution < 1.29 is 9.18 Å². The number of rotatable bonds is 9. The monoisotopic (exact) mass is 462 g/mol. The Kier molecular flexibility index (Phi) is 8.17. The summed E-state index contributed by atoms with van der Waals surface area (Å²) in [6.07, 6.45) is 5.04. The van der Waals surface area contributed by atoms with Crippen LogP contribution in [0.25, 0.3) is 0 Å². The zero-order valence-electron chi connectivity index (χ0n) is 18.6. The van der Waals surface area contributed by atoms with Gasteiger partial charge in [0.25, 0.3) is 5.56 Å². The summed E-state index contributed by atoms with van der Waals surface area (Å²) in [7, 11) is 0. The minimum atomic E-state index is -0.646. The minimum Gasteiger partial charge on any atom is -0.383 e. The first-order chi connectivity index (χ1) is 15.3. The summed E-state index contributed by atoms with van der Waals surface area (Å²) in [5.74, 6) is -0.474. The molecular formula is C23H31FN4O3S. The maximum absolute atomic E-state index is 14.1. The second-order valence-electron chi connectivity index (χ2n) is 8.18. The van der Waals surface area contributed by atoms with Gasteiger partial charge < -0.3 is 10.6 Å². The van der Waals surface area contributed by atoms with Crippen molar-refractivity contribution in [1.82, 2.24) is 9.55 Å². The van der Waals surface area contributed by atoms with Gasteiger partial charge in [0, 0.05) is 23.4 Å². The van der Waals surface area contributed by atoms with Crippen LogP contribution in [0.3, 0.4) is 0 Å². The maximum Gasteiger partial charge on any atom is 0.330 e. The number of H-pyrrole nitrogens is 1. The summed E-state index contributed by atoms with van der Waals surface area (Å²) in [6, 6.07) is 6.36. The van der Waals surface area contributed by atoms with Crippen LogP contribution < -0.4 is 21.9 Å². The summed E-state index contributed by atoms with van der Waals surface area (Å²) in [6.45, 7) is 4.22. The van der Waals surface area contributed by atoms with Crippen molar-refractivity contribution >= 4 is 29.2 Å². The second-order valence-corrected chi connectivity index (χ2v) is 9.50. The van der Waals surface area contributed by atoms with Crippen LogP contribution >= 0.6 is 11.8 Å². The van der Waals surface area contributed by atoms with Crippen molar-refractivity contribution in [2.24, 2.45) is 0 Å². The number of carbonyl (C=O) groups excluding carboxylic acids is 1. The van der Waals surface area contributed by atoms with E-state index in [2.05, 4.69) is 4.98 Å². The number of hydrogen-bond acceptors (Lipinski definition) is 5. The van der Waals surface area contributed by atoms with E-state index in [-0.39, 0.29) is 40.3 Å². The first-order valence-electron chi connectivity index (χ1n) is 11.2. The van der Waals surface area contributed by atoms with E-state index in [1.165, 1.54) is 27.3 Å². The number of nitrogens with two attached hydrogens (primary N) is 1. The molecule has 1 aromatic heterocycles. The third-order valence-corrected chi connectivity index (χ3v) is 7.12. The average molecular weight is 463 g/mol. The standard InChI is InChI=1S/C23H31FN4O3S/c1-3-4-13-27-21(25)20(22(30)26-23(27)31)28(16-9-5-6-10-16)19(29)14-32-15(2)17-11-7-8-12-18(17)24/h7-8,11-12,15-16H,3-6,9-10,13-14,25H2,1-2H3,(H,26,30,31). The van der Waals surface area contributed by atoms with Crippen LogP contribution in [0.1, 0.15) is 63.2 Å². The molecule has 2 aromatic rings. The molecule has 0 spiro atoms. The zero-order chi connectivity index (χ0) is 23.3. The third kappa shape index (κ3) is 5.26. The number of nitrogens with zero attached hydrogens (tertiary/aromatic N) is 2. The highest BCUT2D eigenvalue weighted by atomic mass is 32.2. The first-order valence-corrected chi connectivity index (χ1v) is 12.2. The Morgan fingerprint density at radius 2 is 2.00 bits per heavy atom. The summed E-state index contributed by atoms with van der Waals surface area (Å²) in [5, 5.41) is -0.236. The highest BCUT2D eigenvalue weighted by molar-refractivity contribution is 8.00. The van der Waals surface area contributed by atoms with Crippen LogP contribution in [0.4, 0.5) is 15.9 Å². The fourth-order valence-corrected chi connectivity index (χ4v) is 5.08. The average Bonchev–Trinajstić information content (AvgIpc) is 3.29. The van der Waals surface area contributed by atoms with Crippen molar-refractivity contribution in [2.45, 2.75) is 70.2 Å². The Morgan fingerprint density at radius 3 is 2.66 bits per heavy atom. The lowest BCUT2D eigenvalue weighted by Gasteiger charge is -2.30. The number of amides is 1. The van der Waals surface area contributed by atoms with Gasteiger partial charge in [-0.2, -0.15) is 0 Å². The number of aromatic amines is 1. The lowest BCUT2D eigenvalue weighted by atomic mass is 10.1. The number of hydrogen-bond donors (Lipinski definition) is 2. The van der Waals surface area contributed by atoms with E-state index in [0.29, 0.717) is 12.1 Å². The molecule has 1 atom stereocenters. The Hall–Kier alpha value is -2.55. The van der Waals surface area contributed by atoms with Gasteiger partial charge in [-0.3, -0.25) is 19.1 Å². The molecule has 1 saturated carbocycles. The smallest absolute Gasteiger partial charge is 0.330 e. The van der Waals surface area contributed by atoms with Crippen molar-refractivity contribution in [2.75, 3.05) is 16.4 Å². The Morgan fingerprint density at radius 1 is 1.31 bits per heavy atom. The molecule has 1 fully saturated rings. The van der Waals surface area contributed by atoms with Crippen LogP contribution in [0, 0.1) is 5.82 Å². The third-order valence-electron chi connectivity index (χ3n) is 5.95. The van der Waals surface area contributed by atoms with Crippen LogP contribution in [-0.2, 0) is 11.3 Å². The van der Waals surface area contributed by atoms with Crippen molar-refractivity contribution in [3.8, 4) is 0 Å². The van der Waals surface area contributed by atoms with Crippen LogP contribution in [-0.4, -0.2) is 27.3 Å². The van der Waals surface area contributed by atoms with Gasteiger partial charge in [-0.1, -0.05) is 44.4 Å². The summed E-state index contributed by atoms with van der Waals surface area (Å²) in [5.41, 5.74) is 5.67. The molecule has 3 rings (SSSR count). The largest absolute Gasteiger partial charge is 0.383 e. The van der Waals surface area contributed by atoms with Gasteiger partial charge >= 0.3 is 5.69 Å². The van der Waals surface area contributed by atoms with E-state index in [4.69, 9.17) is 5.73 Å². The van der Waals surface area contributed by atoms with E-state index in [0.717, 1.165) is 38.5 Å². The van der Waals surface area contributed by atoms with Crippen LogP contribution in [0.2, 0.25) is 0 Å². The van der Waals surface area contributed by atoms with Gasteiger partial charge in [-0.15, -0.1) is 11.8 Å². The van der Waals surface area contributed by atoms with Crippen molar-refractivity contribution in [3.05, 3.63) is 56.5 Å². The molecule has 0 saturated heterocycles. The fourth-order valence-electron chi connectivity index (χ4n) is 4.18. The van der Waals surface area contributed by atoms with E-state index >= 15 is 0 Å². The Labute approximate surface area is 191 Å². The molecule has 0 bridgehead atoms. The predicted octanol–water partition coefficient (Wildman–Crippen LogP) is 3.83. The van der Waals surface area contributed by atoms with Gasteiger partial charge in [0.05, 0.1) is 5.75 Å². The highest BCUT2D eigenvalue weighted by Crippen LogP contribution is 2.33. The SMILES string of the molecule is CCCCn1c(N)c(N(C(=O)CSC(C)c2ccccc2F)C2CCCC2)c(=O)[nH]c1=O. The number of thioether (sulfide) groups is 1. The van der Waals surface area contributed by atoms with Gasteiger partial charge in [0.1, 0.15) is 11.6 Å². The molecule has 1 aliphatic carbocycles. The first kappa shape index (κ1) is 24.1. The lowest BCUT2D eigenvalue weighted by molar-refractivity contribution is -0.116. The number of unbranched alkanes of at least 4 members (excludes halogenated alkanes) is 1. The molecule has 3 N–H and O–H groups in total. The molecule has 1 heterocycles. The number of carbonyl (C=O) groups is 1. The molecule has 32 heavy (non-hydrogen) atoms. The normalized spacial score (nSPS) is 15.1. The summed E-state index contributed by atoms with van der Waals surface area (Å²) in [4.78, 5) is 42.3. The highest BCUT2D eigenvalue weighted by Gasteiger charge is 2.32. The van der Waals surface area contributed by atoms with E-state index < -0.39 is 11.2 Å². The fraction of sp³-hybridized carbons (Fsp3) is 0.522. The number of nitrogens with one attached hydrogen (secondary N) is 1. The predicted molar refractivity (Wildman–Crippen MR) is 128 cm³/mol. The number of benzene rings is 1. The molecule has 1 aromatic carbocycles. The van der Waals surface area contributed by atoms with Crippen LogP contribution in [0.5, 0.6) is 0 Å². The molecule has 1 aliphatic rings. The maximum atomic E-state index is 14.1.